The second-order valence-corrected chi connectivity index (χ2v) is 5.86. The minimum absolute atomic E-state index is 0.233. The molecule has 0 aromatic rings. The standard InChI is InChI=1S/C14H28N2O/c1-5-11(3)9-16(6-2)13(17)14(10-15)7-12(4)8-14/h11-12H,5-10,15H2,1-4H3. The van der Waals surface area contributed by atoms with E-state index in [2.05, 4.69) is 27.7 Å². The molecule has 17 heavy (non-hydrogen) atoms. The Morgan fingerprint density at radius 3 is 2.41 bits per heavy atom. The third-order valence-corrected chi connectivity index (χ3v) is 4.22. The molecule has 3 heteroatoms. The van der Waals surface area contributed by atoms with Crippen LogP contribution in [-0.4, -0.2) is 30.4 Å². The lowest BCUT2D eigenvalue weighted by Gasteiger charge is -2.47. The monoisotopic (exact) mass is 240 g/mol. The topological polar surface area (TPSA) is 46.3 Å². The number of carbonyl (C=O) groups is 1. The second-order valence-electron chi connectivity index (χ2n) is 5.86. The Labute approximate surface area is 106 Å². The van der Waals surface area contributed by atoms with Gasteiger partial charge in [0.1, 0.15) is 0 Å². The van der Waals surface area contributed by atoms with Gasteiger partial charge in [-0.05, 0) is 31.6 Å². The van der Waals surface area contributed by atoms with Gasteiger partial charge in [0, 0.05) is 19.6 Å². The molecule has 1 fully saturated rings. The fourth-order valence-corrected chi connectivity index (χ4v) is 2.90. The Kier molecular flexibility index (Phi) is 4.99. The van der Waals surface area contributed by atoms with E-state index < -0.39 is 0 Å². The molecule has 0 aliphatic heterocycles. The van der Waals surface area contributed by atoms with E-state index >= 15 is 0 Å². The molecule has 1 rings (SSSR count). The molecule has 1 atom stereocenters. The van der Waals surface area contributed by atoms with Gasteiger partial charge in [-0.3, -0.25) is 4.79 Å². The van der Waals surface area contributed by atoms with Crippen LogP contribution in [0.2, 0.25) is 0 Å². The van der Waals surface area contributed by atoms with Crippen LogP contribution in [0.5, 0.6) is 0 Å². The van der Waals surface area contributed by atoms with Crippen LogP contribution >= 0.6 is 0 Å². The normalized spacial score (nSPS) is 29.6. The molecule has 1 aliphatic carbocycles. The maximum Gasteiger partial charge on any atom is 0.230 e. The van der Waals surface area contributed by atoms with Gasteiger partial charge in [0.2, 0.25) is 5.91 Å². The molecule has 1 unspecified atom stereocenters. The fourth-order valence-electron chi connectivity index (χ4n) is 2.90. The summed E-state index contributed by atoms with van der Waals surface area (Å²) in [5.41, 5.74) is 5.61. The molecule has 1 aliphatic rings. The second kappa shape index (κ2) is 5.85. The van der Waals surface area contributed by atoms with Crippen LogP contribution in [0.4, 0.5) is 0 Å². The first-order valence-corrected chi connectivity index (χ1v) is 6.98. The van der Waals surface area contributed by atoms with Crippen LogP contribution in [0.3, 0.4) is 0 Å². The number of hydrogen-bond acceptors (Lipinski definition) is 2. The minimum atomic E-state index is -0.233. The van der Waals surface area contributed by atoms with Crippen molar-refractivity contribution < 1.29 is 4.79 Å². The lowest BCUT2D eigenvalue weighted by Crippen LogP contribution is -2.55. The third kappa shape index (κ3) is 3.01. The summed E-state index contributed by atoms with van der Waals surface area (Å²) >= 11 is 0. The van der Waals surface area contributed by atoms with Crippen LogP contribution in [0, 0.1) is 17.3 Å². The SMILES string of the molecule is CCC(C)CN(CC)C(=O)C1(CN)CC(C)C1. The van der Waals surface area contributed by atoms with Crippen LogP contribution < -0.4 is 5.73 Å². The van der Waals surface area contributed by atoms with E-state index in [9.17, 15) is 4.79 Å². The van der Waals surface area contributed by atoms with Gasteiger partial charge in [-0.1, -0.05) is 27.2 Å². The van der Waals surface area contributed by atoms with Crippen molar-refractivity contribution in [2.75, 3.05) is 19.6 Å². The van der Waals surface area contributed by atoms with E-state index in [-0.39, 0.29) is 5.41 Å². The zero-order valence-electron chi connectivity index (χ0n) is 11.8. The van der Waals surface area contributed by atoms with E-state index in [1.54, 1.807) is 0 Å². The van der Waals surface area contributed by atoms with Crippen molar-refractivity contribution in [3.05, 3.63) is 0 Å². The molecule has 1 amide bonds. The van der Waals surface area contributed by atoms with Crippen molar-refractivity contribution in [1.29, 1.82) is 0 Å². The lowest BCUT2D eigenvalue weighted by molar-refractivity contribution is -0.150. The summed E-state index contributed by atoms with van der Waals surface area (Å²) in [5, 5.41) is 0. The van der Waals surface area contributed by atoms with Crippen LogP contribution in [0.25, 0.3) is 0 Å². The van der Waals surface area contributed by atoms with Crippen molar-refractivity contribution in [2.45, 2.75) is 47.0 Å². The van der Waals surface area contributed by atoms with Crippen LogP contribution in [0.15, 0.2) is 0 Å². The molecule has 2 N–H and O–H groups in total. The van der Waals surface area contributed by atoms with Crippen LogP contribution in [-0.2, 0) is 4.79 Å². The predicted molar refractivity (Wildman–Crippen MR) is 71.6 cm³/mol. The number of nitrogens with zero attached hydrogens (tertiary/aromatic N) is 1. The van der Waals surface area contributed by atoms with E-state index in [0.717, 1.165) is 32.4 Å². The first-order chi connectivity index (χ1) is 7.99. The van der Waals surface area contributed by atoms with Gasteiger partial charge in [-0.25, -0.2) is 0 Å². The molecule has 3 nitrogen and oxygen atoms in total. The van der Waals surface area contributed by atoms with Crippen molar-refractivity contribution in [3.8, 4) is 0 Å². The highest BCUT2D eigenvalue weighted by Crippen LogP contribution is 2.46. The van der Waals surface area contributed by atoms with Crippen molar-refractivity contribution in [3.63, 3.8) is 0 Å². The lowest BCUT2D eigenvalue weighted by atomic mass is 9.61. The van der Waals surface area contributed by atoms with E-state index in [1.807, 2.05) is 4.90 Å². The average molecular weight is 240 g/mol. The quantitative estimate of drug-likeness (QED) is 0.774. The van der Waals surface area contributed by atoms with E-state index in [0.29, 0.717) is 24.3 Å². The van der Waals surface area contributed by atoms with Crippen LogP contribution in [0.1, 0.15) is 47.0 Å². The summed E-state index contributed by atoms with van der Waals surface area (Å²) in [4.78, 5) is 14.6. The Balaban J connectivity index is 2.65. The number of amides is 1. The maximum atomic E-state index is 12.6. The minimum Gasteiger partial charge on any atom is -0.342 e. The number of nitrogens with two attached hydrogens (primary N) is 1. The summed E-state index contributed by atoms with van der Waals surface area (Å²) < 4.78 is 0. The average Bonchev–Trinajstić information content (AvgIpc) is 2.30. The highest BCUT2D eigenvalue weighted by molar-refractivity contribution is 5.84. The summed E-state index contributed by atoms with van der Waals surface area (Å²) in [7, 11) is 0. The zero-order valence-corrected chi connectivity index (χ0v) is 11.8. The molecule has 0 heterocycles. The summed E-state index contributed by atoms with van der Waals surface area (Å²) in [6.45, 7) is 10.8. The number of carbonyl (C=O) groups excluding carboxylic acids is 1. The predicted octanol–water partition coefficient (Wildman–Crippen LogP) is 2.26. The van der Waals surface area contributed by atoms with Gasteiger partial charge >= 0.3 is 0 Å². The van der Waals surface area contributed by atoms with Gasteiger partial charge in [-0.2, -0.15) is 0 Å². The molecular weight excluding hydrogens is 212 g/mol. The van der Waals surface area contributed by atoms with Gasteiger partial charge in [-0.15, -0.1) is 0 Å². The summed E-state index contributed by atoms with van der Waals surface area (Å²) in [6.07, 6.45) is 3.06. The molecular formula is C14H28N2O. The van der Waals surface area contributed by atoms with Gasteiger partial charge in [0.25, 0.3) is 0 Å². The van der Waals surface area contributed by atoms with E-state index in [1.165, 1.54) is 0 Å². The first kappa shape index (κ1) is 14.5. The maximum absolute atomic E-state index is 12.6. The Hall–Kier alpha value is -0.570. The smallest absolute Gasteiger partial charge is 0.230 e. The van der Waals surface area contributed by atoms with Crippen molar-refractivity contribution in [1.82, 2.24) is 4.90 Å². The van der Waals surface area contributed by atoms with E-state index in [4.69, 9.17) is 5.73 Å². The van der Waals surface area contributed by atoms with Gasteiger partial charge < -0.3 is 10.6 Å². The molecule has 0 spiro atoms. The summed E-state index contributed by atoms with van der Waals surface area (Å²) in [6, 6.07) is 0. The third-order valence-electron chi connectivity index (χ3n) is 4.22. The molecule has 0 aromatic carbocycles. The summed E-state index contributed by atoms with van der Waals surface area (Å²) in [5.74, 6) is 1.52. The molecule has 100 valence electrons. The molecule has 0 aromatic heterocycles. The zero-order chi connectivity index (χ0) is 13.1. The highest BCUT2D eigenvalue weighted by atomic mass is 16.2. The molecule has 1 saturated carbocycles. The molecule has 0 saturated heterocycles. The highest BCUT2D eigenvalue weighted by Gasteiger charge is 2.48. The van der Waals surface area contributed by atoms with Crippen molar-refractivity contribution in [2.24, 2.45) is 23.0 Å². The molecule has 0 radical (unpaired) electrons. The Bertz CT molecular complexity index is 259. The number of hydrogen-bond donors (Lipinski definition) is 1. The largest absolute Gasteiger partial charge is 0.342 e. The van der Waals surface area contributed by atoms with Gasteiger partial charge in [0.05, 0.1) is 5.41 Å². The first-order valence-electron chi connectivity index (χ1n) is 6.98. The fraction of sp³-hybridized carbons (Fsp3) is 0.929. The Morgan fingerprint density at radius 2 is 2.06 bits per heavy atom. The Morgan fingerprint density at radius 1 is 1.47 bits per heavy atom. The van der Waals surface area contributed by atoms with Crippen molar-refractivity contribution >= 4 is 5.91 Å². The number of rotatable bonds is 6. The molecule has 0 bridgehead atoms. The van der Waals surface area contributed by atoms with Gasteiger partial charge in [0.15, 0.2) is 0 Å².